The van der Waals surface area contributed by atoms with Crippen molar-refractivity contribution in [2.75, 3.05) is 26.2 Å². The van der Waals surface area contributed by atoms with Crippen molar-refractivity contribution < 1.29 is 9.59 Å². The summed E-state index contributed by atoms with van der Waals surface area (Å²) in [5.41, 5.74) is 0. The summed E-state index contributed by atoms with van der Waals surface area (Å²) in [5, 5.41) is 9.85. The first kappa shape index (κ1) is 9.47. The number of aliphatic hydroxyl groups is 1. The minimum atomic E-state index is 0.0133. The van der Waals surface area contributed by atoms with Gasteiger partial charge in [-0.2, -0.15) is 0 Å². The third-order valence-electron chi connectivity index (χ3n) is 4.05. The van der Waals surface area contributed by atoms with Gasteiger partial charge in [0.1, 0.15) is 12.6 Å². The van der Waals surface area contributed by atoms with Crippen molar-refractivity contribution in [3.63, 3.8) is 0 Å². The molecule has 3 aliphatic rings. The van der Waals surface area contributed by atoms with E-state index in [4.69, 9.17) is 0 Å². The Bertz CT molecular complexity index is 173. The maximum atomic E-state index is 9.85. The van der Waals surface area contributed by atoms with E-state index in [1.165, 1.54) is 49.8 Å². The molecule has 3 aliphatic heterocycles. The van der Waals surface area contributed by atoms with Gasteiger partial charge in [-0.1, -0.05) is 13.3 Å². The van der Waals surface area contributed by atoms with E-state index in [1.807, 2.05) is 0 Å². The lowest BCUT2D eigenvalue weighted by molar-refractivity contribution is -0.946. The molecule has 76 valence electrons. The zero-order valence-electron chi connectivity index (χ0n) is 8.71. The average Bonchev–Trinajstić information content (AvgIpc) is 2.16. The lowest BCUT2D eigenvalue weighted by Gasteiger charge is -2.51. The van der Waals surface area contributed by atoms with Gasteiger partial charge in [0.25, 0.3) is 0 Å². The van der Waals surface area contributed by atoms with Gasteiger partial charge in [-0.05, 0) is 6.42 Å². The maximum Gasteiger partial charge on any atom is 0.106 e. The van der Waals surface area contributed by atoms with E-state index in [2.05, 4.69) is 6.92 Å². The van der Waals surface area contributed by atoms with E-state index < -0.39 is 0 Å². The molecule has 0 unspecified atom stereocenters. The number of fused-ring (bicyclic) bond motifs is 3. The molecule has 3 saturated heterocycles. The monoisotopic (exact) mass is 184 g/mol. The normalized spacial score (nSPS) is 43.8. The lowest BCUT2D eigenvalue weighted by atomic mass is 9.83. The number of hydrogen-bond donors (Lipinski definition) is 1. The summed E-state index contributed by atoms with van der Waals surface area (Å²) in [4.78, 5) is 0. The minimum absolute atomic E-state index is 0.0133. The Kier molecular flexibility index (Phi) is 2.61. The molecule has 1 N–H and O–H groups in total. The molecule has 2 bridgehead atoms. The third kappa shape index (κ3) is 1.75. The molecule has 0 spiro atoms. The van der Waals surface area contributed by atoms with Gasteiger partial charge >= 0.3 is 0 Å². The fraction of sp³-hybridized carbons (Fsp3) is 1.00. The molecule has 0 aromatic carbocycles. The van der Waals surface area contributed by atoms with Crippen LogP contribution < -0.4 is 0 Å². The Balaban J connectivity index is 1.96. The van der Waals surface area contributed by atoms with Gasteiger partial charge in [-0.25, -0.2) is 0 Å². The van der Waals surface area contributed by atoms with E-state index >= 15 is 0 Å². The number of nitrogens with zero attached hydrogens (tertiary/aromatic N) is 1. The summed E-state index contributed by atoms with van der Waals surface area (Å²) >= 11 is 0. The van der Waals surface area contributed by atoms with Crippen molar-refractivity contribution >= 4 is 0 Å². The van der Waals surface area contributed by atoms with E-state index in [0.29, 0.717) is 5.92 Å². The van der Waals surface area contributed by atoms with Gasteiger partial charge in [0, 0.05) is 18.8 Å². The van der Waals surface area contributed by atoms with Crippen LogP contribution in [-0.4, -0.2) is 41.9 Å². The highest BCUT2D eigenvalue weighted by atomic mass is 16.3. The molecule has 0 aromatic rings. The molecule has 2 nitrogen and oxygen atoms in total. The SMILES string of the molecule is CCCC[N+]12CCC(CC1)[C@H](O)C2. The summed E-state index contributed by atoms with van der Waals surface area (Å²) in [7, 11) is 0. The van der Waals surface area contributed by atoms with E-state index in [9.17, 15) is 5.11 Å². The van der Waals surface area contributed by atoms with Gasteiger partial charge in [0.05, 0.1) is 19.6 Å². The van der Waals surface area contributed by atoms with Crippen molar-refractivity contribution in [2.45, 2.75) is 38.7 Å². The van der Waals surface area contributed by atoms with Crippen molar-refractivity contribution in [3.05, 3.63) is 0 Å². The third-order valence-corrected chi connectivity index (χ3v) is 4.05. The van der Waals surface area contributed by atoms with Crippen LogP contribution in [0.25, 0.3) is 0 Å². The highest BCUT2D eigenvalue weighted by Gasteiger charge is 2.44. The fourth-order valence-electron chi connectivity index (χ4n) is 3.06. The van der Waals surface area contributed by atoms with Crippen molar-refractivity contribution in [1.29, 1.82) is 0 Å². The summed E-state index contributed by atoms with van der Waals surface area (Å²) in [6.45, 7) is 7.28. The number of hydrogen-bond acceptors (Lipinski definition) is 1. The molecule has 3 rings (SSSR count). The fourth-order valence-corrected chi connectivity index (χ4v) is 3.06. The van der Waals surface area contributed by atoms with Crippen LogP contribution in [0.1, 0.15) is 32.6 Å². The minimum Gasteiger partial charge on any atom is -0.387 e. The van der Waals surface area contributed by atoms with Crippen LogP contribution in [-0.2, 0) is 0 Å². The van der Waals surface area contributed by atoms with Gasteiger partial charge in [0.2, 0.25) is 0 Å². The summed E-state index contributed by atoms with van der Waals surface area (Å²) < 4.78 is 1.23. The summed E-state index contributed by atoms with van der Waals surface area (Å²) in [6, 6.07) is 0. The highest BCUT2D eigenvalue weighted by molar-refractivity contribution is 4.79. The number of unbranched alkanes of at least 4 members (excludes halogenated alkanes) is 1. The Labute approximate surface area is 81.1 Å². The second-order valence-electron chi connectivity index (χ2n) is 4.95. The second kappa shape index (κ2) is 3.58. The smallest absolute Gasteiger partial charge is 0.106 e. The van der Waals surface area contributed by atoms with Gasteiger partial charge in [-0.15, -0.1) is 0 Å². The van der Waals surface area contributed by atoms with Crippen LogP contribution in [0.3, 0.4) is 0 Å². The average molecular weight is 184 g/mol. The number of rotatable bonds is 3. The molecule has 1 atom stereocenters. The molecule has 13 heavy (non-hydrogen) atoms. The van der Waals surface area contributed by atoms with Crippen LogP contribution in [0.4, 0.5) is 0 Å². The van der Waals surface area contributed by atoms with Crippen LogP contribution in [0.15, 0.2) is 0 Å². The molecule has 0 amide bonds. The standard InChI is InChI=1S/C11H22NO/c1-2-3-6-12-7-4-10(5-8-12)11(13)9-12/h10-11,13H,2-9H2,1H3/q+1/t10?,11-,12?/m1/s1. The van der Waals surface area contributed by atoms with Crippen LogP contribution in [0.5, 0.6) is 0 Å². The highest BCUT2D eigenvalue weighted by Crippen LogP contribution is 2.33. The Hall–Kier alpha value is -0.0800. The van der Waals surface area contributed by atoms with Crippen molar-refractivity contribution in [2.24, 2.45) is 5.92 Å². The Morgan fingerprint density at radius 3 is 2.54 bits per heavy atom. The molecule has 0 aromatic heterocycles. The number of aliphatic hydroxyl groups excluding tert-OH is 1. The van der Waals surface area contributed by atoms with Crippen LogP contribution in [0, 0.1) is 5.92 Å². The zero-order chi connectivity index (χ0) is 9.31. The molecule has 3 heterocycles. The molecule has 2 heteroatoms. The first-order valence-electron chi connectivity index (χ1n) is 5.79. The Morgan fingerprint density at radius 2 is 2.00 bits per heavy atom. The molecular formula is C11H22NO+. The van der Waals surface area contributed by atoms with Crippen molar-refractivity contribution in [3.8, 4) is 0 Å². The quantitative estimate of drug-likeness (QED) is 0.657. The predicted molar refractivity (Wildman–Crippen MR) is 53.4 cm³/mol. The van der Waals surface area contributed by atoms with Crippen LogP contribution in [0.2, 0.25) is 0 Å². The Morgan fingerprint density at radius 1 is 1.31 bits per heavy atom. The van der Waals surface area contributed by atoms with E-state index in [1.54, 1.807) is 0 Å². The van der Waals surface area contributed by atoms with Gasteiger partial charge in [0.15, 0.2) is 0 Å². The first-order valence-corrected chi connectivity index (χ1v) is 5.79. The maximum absolute atomic E-state index is 9.85. The largest absolute Gasteiger partial charge is 0.387 e. The van der Waals surface area contributed by atoms with Crippen LogP contribution >= 0.6 is 0 Å². The lowest BCUT2D eigenvalue weighted by Crippen LogP contribution is -2.63. The molecule has 0 radical (unpaired) electrons. The first-order chi connectivity index (χ1) is 6.26. The number of quaternary nitrogens is 1. The molecule has 3 fully saturated rings. The summed E-state index contributed by atoms with van der Waals surface area (Å²) in [6.07, 6.45) is 5.17. The molecular weight excluding hydrogens is 162 g/mol. The molecule has 0 saturated carbocycles. The molecule has 0 aliphatic carbocycles. The summed E-state index contributed by atoms with van der Waals surface area (Å²) in [5.74, 6) is 0.640. The zero-order valence-corrected chi connectivity index (χ0v) is 8.71. The van der Waals surface area contributed by atoms with Gasteiger partial charge in [-0.3, -0.25) is 0 Å². The second-order valence-corrected chi connectivity index (χ2v) is 4.95. The van der Waals surface area contributed by atoms with E-state index in [0.717, 1.165) is 6.54 Å². The van der Waals surface area contributed by atoms with Gasteiger partial charge < -0.3 is 9.59 Å². The number of piperidine rings is 3. The van der Waals surface area contributed by atoms with Crippen molar-refractivity contribution in [1.82, 2.24) is 0 Å². The predicted octanol–water partition coefficient (Wildman–Crippen LogP) is 1.39. The van der Waals surface area contributed by atoms with E-state index in [-0.39, 0.29) is 6.10 Å². The topological polar surface area (TPSA) is 20.2 Å².